The van der Waals surface area contributed by atoms with Crippen molar-refractivity contribution in [1.29, 1.82) is 0 Å². The van der Waals surface area contributed by atoms with Crippen LogP contribution in [0.2, 0.25) is 0 Å². The minimum atomic E-state index is -0.990. The lowest BCUT2D eigenvalue weighted by molar-refractivity contribution is -0.385. The zero-order chi connectivity index (χ0) is 19.8. The van der Waals surface area contributed by atoms with Crippen LogP contribution in [0.25, 0.3) is 10.9 Å². The summed E-state index contributed by atoms with van der Waals surface area (Å²) in [6, 6.07) is 9.55. The van der Waals surface area contributed by atoms with Crippen molar-refractivity contribution in [1.82, 2.24) is 4.98 Å². The molecular formula is C19H14N2O7. The monoisotopic (exact) mass is 382 g/mol. The number of nitrogens with zero attached hydrogens (tertiary/aromatic N) is 1. The summed E-state index contributed by atoms with van der Waals surface area (Å²) in [6.07, 6.45) is 0. The van der Waals surface area contributed by atoms with E-state index in [0.29, 0.717) is 11.3 Å². The van der Waals surface area contributed by atoms with Gasteiger partial charge in [-0.15, -0.1) is 0 Å². The Labute approximate surface area is 158 Å². The molecule has 0 bridgehead atoms. The van der Waals surface area contributed by atoms with Gasteiger partial charge in [0.2, 0.25) is 12.6 Å². The van der Waals surface area contributed by atoms with Gasteiger partial charge >= 0.3 is 5.97 Å². The molecule has 0 saturated carbocycles. The van der Waals surface area contributed by atoms with E-state index in [1.54, 1.807) is 19.1 Å². The molecule has 0 fully saturated rings. The molecule has 1 aromatic heterocycles. The first-order valence-corrected chi connectivity index (χ1v) is 8.31. The maximum Gasteiger partial charge on any atom is 0.345 e. The summed E-state index contributed by atoms with van der Waals surface area (Å²) in [5.74, 6) is -1.02. The molecule has 0 aliphatic carbocycles. The largest absolute Gasteiger partial charge is 0.454 e. The van der Waals surface area contributed by atoms with Gasteiger partial charge in [-0.2, -0.15) is 0 Å². The van der Waals surface area contributed by atoms with Crippen LogP contribution in [0.3, 0.4) is 0 Å². The summed E-state index contributed by atoms with van der Waals surface area (Å²) in [7, 11) is 0. The Kier molecular flexibility index (Phi) is 4.19. The lowest BCUT2D eigenvalue weighted by atomic mass is 10.1. The van der Waals surface area contributed by atoms with Gasteiger partial charge in [0.15, 0.2) is 18.1 Å². The van der Waals surface area contributed by atoms with E-state index in [4.69, 9.17) is 14.2 Å². The molecule has 0 unspecified atom stereocenters. The minimum Gasteiger partial charge on any atom is -0.454 e. The number of aryl methyl sites for hydroxylation is 1. The third-order valence-corrected chi connectivity index (χ3v) is 4.41. The highest BCUT2D eigenvalue weighted by atomic mass is 16.7. The highest BCUT2D eigenvalue weighted by Crippen LogP contribution is 2.38. The van der Waals surface area contributed by atoms with Crippen LogP contribution >= 0.6 is 0 Å². The van der Waals surface area contributed by atoms with E-state index in [1.807, 2.05) is 12.1 Å². The van der Waals surface area contributed by atoms with Gasteiger partial charge in [0.05, 0.1) is 11.0 Å². The lowest BCUT2D eigenvalue weighted by Gasteiger charge is -2.06. The van der Waals surface area contributed by atoms with E-state index in [1.165, 1.54) is 6.07 Å². The van der Waals surface area contributed by atoms with Crippen molar-refractivity contribution in [3.63, 3.8) is 0 Å². The molecule has 0 radical (unpaired) electrons. The van der Waals surface area contributed by atoms with Crippen LogP contribution in [0.5, 0.6) is 11.5 Å². The first-order chi connectivity index (χ1) is 13.5. The smallest absolute Gasteiger partial charge is 0.345 e. The van der Waals surface area contributed by atoms with E-state index < -0.39 is 29.0 Å². The second kappa shape index (κ2) is 6.69. The number of rotatable bonds is 5. The molecule has 0 saturated heterocycles. The second-order valence-electron chi connectivity index (χ2n) is 6.15. The number of hydrogen-bond donors (Lipinski definition) is 1. The number of esters is 1. The Bertz CT molecular complexity index is 1130. The fourth-order valence-corrected chi connectivity index (χ4v) is 3.16. The Balaban J connectivity index is 1.57. The predicted octanol–water partition coefficient (Wildman–Crippen LogP) is 3.15. The van der Waals surface area contributed by atoms with E-state index in [2.05, 4.69) is 4.98 Å². The van der Waals surface area contributed by atoms with E-state index in [-0.39, 0.29) is 23.9 Å². The number of nitro benzene ring substituents is 1. The maximum atomic E-state index is 12.6. The van der Waals surface area contributed by atoms with Crippen molar-refractivity contribution in [2.24, 2.45) is 0 Å². The normalized spacial score (nSPS) is 12.2. The average molecular weight is 382 g/mol. The van der Waals surface area contributed by atoms with Crippen LogP contribution in [0.15, 0.2) is 36.4 Å². The van der Waals surface area contributed by atoms with Crippen LogP contribution in [0.4, 0.5) is 5.69 Å². The molecule has 1 aliphatic heterocycles. The summed E-state index contributed by atoms with van der Waals surface area (Å²) in [5, 5.41) is 12.0. The summed E-state index contributed by atoms with van der Waals surface area (Å²) >= 11 is 0. The molecule has 3 aromatic rings. The van der Waals surface area contributed by atoms with Crippen molar-refractivity contribution in [2.45, 2.75) is 6.92 Å². The molecular weight excluding hydrogens is 368 g/mol. The fourth-order valence-electron chi connectivity index (χ4n) is 3.16. The number of nitro groups is 1. The van der Waals surface area contributed by atoms with Crippen LogP contribution in [-0.4, -0.2) is 35.1 Å². The Morgan fingerprint density at radius 2 is 1.93 bits per heavy atom. The number of carbonyl (C=O) groups is 2. The third-order valence-electron chi connectivity index (χ3n) is 4.41. The molecule has 9 nitrogen and oxygen atoms in total. The number of ketones is 1. The SMILES string of the molecule is Cc1[nH]c2ccccc2c1C(=O)COC(=O)c1cc2c(cc1[N+](=O)[O-])OCO2. The van der Waals surface area contributed by atoms with Crippen molar-refractivity contribution < 1.29 is 28.7 Å². The summed E-state index contributed by atoms with van der Waals surface area (Å²) < 4.78 is 15.3. The number of fused-ring (bicyclic) bond motifs is 2. The van der Waals surface area contributed by atoms with Gasteiger partial charge in [-0.25, -0.2) is 4.79 Å². The maximum absolute atomic E-state index is 12.6. The molecule has 0 amide bonds. The zero-order valence-corrected chi connectivity index (χ0v) is 14.7. The summed E-state index contributed by atoms with van der Waals surface area (Å²) in [5.41, 5.74) is 1.07. The lowest BCUT2D eigenvalue weighted by Crippen LogP contribution is -2.16. The van der Waals surface area contributed by atoms with E-state index >= 15 is 0 Å². The summed E-state index contributed by atoms with van der Waals surface area (Å²) in [4.78, 5) is 38.7. The van der Waals surface area contributed by atoms with Crippen LogP contribution in [0.1, 0.15) is 26.4 Å². The van der Waals surface area contributed by atoms with Gasteiger partial charge in [0.25, 0.3) is 5.69 Å². The molecule has 142 valence electrons. The van der Waals surface area contributed by atoms with Gasteiger partial charge in [0, 0.05) is 28.2 Å². The second-order valence-corrected chi connectivity index (χ2v) is 6.15. The van der Waals surface area contributed by atoms with Crippen LogP contribution < -0.4 is 9.47 Å². The fraction of sp³-hybridized carbons (Fsp3) is 0.158. The number of carbonyl (C=O) groups excluding carboxylic acids is 2. The van der Waals surface area contributed by atoms with Crippen LogP contribution in [-0.2, 0) is 4.74 Å². The van der Waals surface area contributed by atoms with Crippen LogP contribution in [0, 0.1) is 17.0 Å². The number of H-pyrrole nitrogens is 1. The number of aromatic amines is 1. The van der Waals surface area contributed by atoms with Gasteiger partial charge < -0.3 is 19.2 Å². The molecule has 0 spiro atoms. The molecule has 4 rings (SSSR count). The highest BCUT2D eigenvalue weighted by Gasteiger charge is 2.29. The topological polar surface area (TPSA) is 121 Å². The standard InChI is InChI=1S/C19H14N2O7/c1-10-18(11-4-2-3-5-13(11)20-10)15(22)8-26-19(23)12-6-16-17(28-9-27-16)7-14(12)21(24)25/h2-7,20H,8-9H2,1H3. The van der Waals surface area contributed by atoms with Gasteiger partial charge in [-0.3, -0.25) is 14.9 Å². The van der Waals surface area contributed by atoms with E-state index in [0.717, 1.165) is 17.0 Å². The quantitative estimate of drug-likeness (QED) is 0.311. The molecule has 2 heterocycles. The third kappa shape index (κ3) is 2.92. The number of aromatic nitrogens is 1. The minimum absolute atomic E-state index is 0.0939. The molecule has 28 heavy (non-hydrogen) atoms. The van der Waals surface area contributed by atoms with E-state index in [9.17, 15) is 19.7 Å². The molecule has 0 atom stereocenters. The first-order valence-electron chi connectivity index (χ1n) is 8.31. The Hall–Kier alpha value is -3.88. The molecule has 2 aromatic carbocycles. The highest BCUT2D eigenvalue weighted by molar-refractivity contribution is 6.10. The number of Topliss-reactive ketones (excluding diaryl/α,β-unsaturated/α-hetero) is 1. The zero-order valence-electron chi connectivity index (χ0n) is 14.7. The number of ether oxygens (including phenoxy) is 3. The molecule has 1 N–H and O–H groups in total. The number of benzene rings is 2. The summed E-state index contributed by atoms with van der Waals surface area (Å²) in [6.45, 7) is 1.11. The number of nitrogens with one attached hydrogen (secondary N) is 1. The van der Waals surface area contributed by atoms with Gasteiger partial charge in [0.1, 0.15) is 5.56 Å². The van der Waals surface area contributed by atoms with Crippen molar-refractivity contribution in [2.75, 3.05) is 13.4 Å². The van der Waals surface area contributed by atoms with Gasteiger partial charge in [-0.05, 0) is 13.0 Å². The Morgan fingerprint density at radius 1 is 1.21 bits per heavy atom. The first kappa shape index (κ1) is 17.5. The number of hydrogen-bond acceptors (Lipinski definition) is 7. The molecule has 1 aliphatic rings. The van der Waals surface area contributed by atoms with Crippen molar-refractivity contribution >= 4 is 28.3 Å². The number of para-hydroxylation sites is 1. The average Bonchev–Trinajstić information content (AvgIpc) is 3.27. The molecule has 9 heteroatoms. The van der Waals surface area contributed by atoms with Gasteiger partial charge in [-0.1, -0.05) is 18.2 Å². The van der Waals surface area contributed by atoms with Crippen molar-refractivity contribution in [3.05, 3.63) is 63.3 Å². The predicted molar refractivity (Wildman–Crippen MR) is 96.9 cm³/mol. The van der Waals surface area contributed by atoms with Crippen molar-refractivity contribution in [3.8, 4) is 11.5 Å². The Morgan fingerprint density at radius 3 is 2.68 bits per heavy atom.